The average Bonchev–Trinajstić information content (AvgIpc) is 3.20. The van der Waals surface area contributed by atoms with Crippen molar-refractivity contribution in [1.82, 2.24) is 14.9 Å². The van der Waals surface area contributed by atoms with Gasteiger partial charge in [-0.1, -0.05) is 12.1 Å². The lowest BCUT2D eigenvalue weighted by molar-refractivity contribution is -0.136. The van der Waals surface area contributed by atoms with Gasteiger partial charge in [-0.3, -0.25) is 4.79 Å². The number of hydrogen-bond acceptors (Lipinski definition) is 5. The van der Waals surface area contributed by atoms with E-state index in [0.29, 0.717) is 18.9 Å². The van der Waals surface area contributed by atoms with E-state index in [9.17, 15) is 9.18 Å². The molecule has 1 amide bonds. The molecule has 1 aromatic heterocycles. The quantitative estimate of drug-likeness (QED) is 0.774. The first-order valence-corrected chi connectivity index (χ1v) is 10.2. The molecule has 0 aliphatic carbocycles. The molecule has 1 saturated heterocycles. The van der Waals surface area contributed by atoms with Gasteiger partial charge < -0.3 is 14.5 Å². The monoisotopic (exact) mass is 398 g/mol. The summed E-state index contributed by atoms with van der Waals surface area (Å²) in [5.74, 6) is 1.43. The number of likely N-dealkylation sites (tertiary alicyclic amines) is 1. The Hall–Kier alpha value is -2.54. The third-order valence-electron chi connectivity index (χ3n) is 5.79. The molecular weight excluding hydrogens is 371 g/mol. The van der Waals surface area contributed by atoms with Crippen LogP contribution in [0.4, 0.5) is 10.2 Å². The number of carbonyl (C=O) groups excluding carboxylic acids is 1. The molecule has 0 bridgehead atoms. The van der Waals surface area contributed by atoms with E-state index in [4.69, 9.17) is 14.7 Å². The first kappa shape index (κ1) is 19.8. The van der Waals surface area contributed by atoms with Gasteiger partial charge in [0.05, 0.1) is 6.04 Å². The van der Waals surface area contributed by atoms with Crippen molar-refractivity contribution in [3.63, 3.8) is 0 Å². The Labute approximate surface area is 170 Å². The fourth-order valence-corrected chi connectivity index (χ4v) is 4.36. The maximum absolute atomic E-state index is 13.3. The number of fused-ring (bicyclic) bond motifs is 1. The van der Waals surface area contributed by atoms with Crippen LogP contribution in [0.2, 0.25) is 0 Å². The van der Waals surface area contributed by atoms with E-state index in [-0.39, 0.29) is 24.4 Å². The molecule has 0 radical (unpaired) electrons. The van der Waals surface area contributed by atoms with E-state index in [0.717, 1.165) is 49.3 Å². The van der Waals surface area contributed by atoms with Gasteiger partial charge in [-0.2, -0.15) is 0 Å². The van der Waals surface area contributed by atoms with E-state index in [2.05, 4.69) is 4.90 Å². The highest BCUT2D eigenvalue weighted by atomic mass is 19.1. The molecule has 6 nitrogen and oxygen atoms in total. The van der Waals surface area contributed by atoms with Gasteiger partial charge in [0, 0.05) is 38.0 Å². The maximum Gasteiger partial charge on any atom is 0.249 e. The van der Waals surface area contributed by atoms with E-state index < -0.39 is 0 Å². The average molecular weight is 398 g/mol. The van der Waals surface area contributed by atoms with E-state index in [1.54, 1.807) is 0 Å². The van der Waals surface area contributed by atoms with Crippen LogP contribution in [0, 0.1) is 12.7 Å². The van der Waals surface area contributed by atoms with Crippen LogP contribution in [0.3, 0.4) is 0 Å². The van der Waals surface area contributed by atoms with Crippen LogP contribution in [0.1, 0.15) is 47.9 Å². The normalized spacial score (nSPS) is 18.8. The Balaban J connectivity index is 1.64. The Bertz CT molecular complexity index is 887. The number of amides is 1. The van der Waals surface area contributed by atoms with Crippen LogP contribution in [-0.4, -0.2) is 47.6 Å². The highest BCUT2D eigenvalue weighted by molar-refractivity contribution is 5.78. The third kappa shape index (κ3) is 4.10. The standard InChI is InChI=1S/C22H27FN4O2/c1-15-18-5-3-11-26(13-16-7-9-17(23)10-8-16)22(18)25-21(24-15)19-6-4-12-27(19)20(28)14-29-2/h7-10,19H,3-6,11-14H2,1-2H3/t19-/m0/s1. The van der Waals surface area contributed by atoms with Crippen molar-refractivity contribution in [1.29, 1.82) is 0 Å². The Morgan fingerprint density at radius 3 is 2.76 bits per heavy atom. The molecule has 1 fully saturated rings. The van der Waals surface area contributed by atoms with Crippen LogP contribution in [0.25, 0.3) is 0 Å². The number of hydrogen-bond donors (Lipinski definition) is 0. The Kier molecular flexibility index (Phi) is 5.76. The summed E-state index contributed by atoms with van der Waals surface area (Å²) in [4.78, 5) is 26.3. The van der Waals surface area contributed by atoms with E-state index >= 15 is 0 Å². The molecule has 2 aliphatic rings. The molecule has 7 heteroatoms. The summed E-state index contributed by atoms with van der Waals surface area (Å²) in [5, 5.41) is 0. The predicted molar refractivity (Wildman–Crippen MR) is 108 cm³/mol. The van der Waals surface area contributed by atoms with Crippen molar-refractivity contribution < 1.29 is 13.9 Å². The molecule has 154 valence electrons. The molecule has 0 N–H and O–H groups in total. The molecule has 1 atom stereocenters. The fraction of sp³-hybridized carbons (Fsp3) is 0.500. The van der Waals surface area contributed by atoms with Crippen molar-refractivity contribution in [3.8, 4) is 0 Å². The molecule has 3 heterocycles. The van der Waals surface area contributed by atoms with Crippen LogP contribution in [0.5, 0.6) is 0 Å². The first-order valence-electron chi connectivity index (χ1n) is 10.2. The van der Waals surface area contributed by atoms with Gasteiger partial charge >= 0.3 is 0 Å². The summed E-state index contributed by atoms with van der Waals surface area (Å²) >= 11 is 0. The van der Waals surface area contributed by atoms with Crippen LogP contribution >= 0.6 is 0 Å². The maximum atomic E-state index is 13.3. The summed E-state index contributed by atoms with van der Waals surface area (Å²) in [7, 11) is 1.54. The van der Waals surface area contributed by atoms with E-state index in [1.807, 2.05) is 24.0 Å². The summed E-state index contributed by atoms with van der Waals surface area (Å²) in [6.45, 7) is 4.40. The van der Waals surface area contributed by atoms with Gasteiger partial charge in [0.1, 0.15) is 18.2 Å². The highest BCUT2D eigenvalue weighted by Crippen LogP contribution is 2.34. The van der Waals surface area contributed by atoms with Crippen molar-refractivity contribution in [2.45, 2.75) is 45.2 Å². The number of aromatic nitrogens is 2. The van der Waals surface area contributed by atoms with E-state index in [1.165, 1.54) is 24.8 Å². The van der Waals surface area contributed by atoms with Gasteiger partial charge in [-0.05, 0) is 50.3 Å². The molecule has 2 aliphatic heterocycles. The minimum atomic E-state index is -0.227. The first-order chi connectivity index (χ1) is 14.1. The van der Waals surface area contributed by atoms with Crippen LogP contribution in [-0.2, 0) is 22.5 Å². The zero-order chi connectivity index (χ0) is 20.4. The number of rotatable bonds is 5. The zero-order valence-electron chi connectivity index (χ0n) is 17.0. The minimum absolute atomic E-state index is 0.0165. The number of nitrogens with zero attached hydrogens (tertiary/aromatic N) is 4. The van der Waals surface area contributed by atoms with Crippen molar-refractivity contribution in [3.05, 3.63) is 52.7 Å². The Morgan fingerprint density at radius 1 is 1.21 bits per heavy atom. The SMILES string of the molecule is COCC(=O)N1CCC[C@H]1c1nc(C)c2c(n1)N(Cc1ccc(F)cc1)CCC2. The fourth-order valence-electron chi connectivity index (χ4n) is 4.36. The lowest BCUT2D eigenvalue weighted by atomic mass is 10.0. The molecular formula is C22H27FN4O2. The molecule has 0 unspecified atom stereocenters. The number of benzene rings is 1. The number of methoxy groups -OCH3 is 1. The van der Waals surface area contributed by atoms with Crippen LogP contribution < -0.4 is 4.90 Å². The molecule has 4 rings (SSSR count). The van der Waals surface area contributed by atoms with Gasteiger partial charge in [-0.25, -0.2) is 14.4 Å². The summed E-state index contributed by atoms with van der Waals surface area (Å²) < 4.78 is 18.3. The largest absolute Gasteiger partial charge is 0.375 e. The van der Waals surface area contributed by atoms with Gasteiger partial charge in [-0.15, -0.1) is 0 Å². The summed E-state index contributed by atoms with van der Waals surface area (Å²) in [6, 6.07) is 6.53. The number of carbonyl (C=O) groups is 1. The third-order valence-corrected chi connectivity index (χ3v) is 5.79. The Morgan fingerprint density at radius 2 is 2.00 bits per heavy atom. The van der Waals surface area contributed by atoms with Crippen molar-refractivity contribution in [2.75, 3.05) is 31.7 Å². The number of aryl methyl sites for hydroxylation is 1. The molecule has 1 aromatic carbocycles. The second kappa shape index (κ2) is 8.45. The topological polar surface area (TPSA) is 58.6 Å². The molecule has 29 heavy (non-hydrogen) atoms. The van der Waals surface area contributed by atoms with Crippen LogP contribution in [0.15, 0.2) is 24.3 Å². The lowest BCUT2D eigenvalue weighted by Gasteiger charge is -2.32. The molecule has 0 spiro atoms. The smallest absolute Gasteiger partial charge is 0.249 e. The van der Waals surface area contributed by atoms with Crippen molar-refractivity contribution >= 4 is 11.7 Å². The summed E-state index contributed by atoms with van der Waals surface area (Å²) in [5.41, 5.74) is 3.21. The second-order valence-electron chi connectivity index (χ2n) is 7.80. The highest BCUT2D eigenvalue weighted by Gasteiger charge is 2.33. The predicted octanol–water partition coefficient (Wildman–Crippen LogP) is 3.19. The number of halogens is 1. The lowest BCUT2D eigenvalue weighted by Crippen LogP contribution is -2.35. The number of anilines is 1. The van der Waals surface area contributed by atoms with Gasteiger partial charge in [0.25, 0.3) is 0 Å². The molecule has 2 aromatic rings. The second-order valence-corrected chi connectivity index (χ2v) is 7.80. The zero-order valence-corrected chi connectivity index (χ0v) is 17.0. The number of ether oxygens (including phenoxy) is 1. The van der Waals surface area contributed by atoms with Crippen molar-refractivity contribution in [2.24, 2.45) is 0 Å². The van der Waals surface area contributed by atoms with Gasteiger partial charge in [0.2, 0.25) is 5.91 Å². The molecule has 0 saturated carbocycles. The summed E-state index contributed by atoms with van der Waals surface area (Å²) in [6.07, 6.45) is 3.81. The van der Waals surface area contributed by atoms with Gasteiger partial charge in [0.15, 0.2) is 5.82 Å². The minimum Gasteiger partial charge on any atom is -0.375 e.